The van der Waals surface area contributed by atoms with Gasteiger partial charge in [0.2, 0.25) is 5.13 Å². The molecule has 3 rings (SSSR count). The van der Waals surface area contributed by atoms with Crippen LogP contribution in [0.1, 0.15) is 37.4 Å². The van der Waals surface area contributed by atoms with Crippen LogP contribution in [0.2, 0.25) is 0 Å². The molecule has 0 bridgehead atoms. The lowest BCUT2D eigenvalue weighted by Gasteiger charge is -2.05. The number of carbonyl (C=O) groups excluding carboxylic acids is 2. The van der Waals surface area contributed by atoms with E-state index in [1.807, 2.05) is 57.2 Å². The lowest BCUT2D eigenvalue weighted by molar-refractivity contribution is 0.101. The second kappa shape index (κ2) is 8.45. The molecule has 0 unspecified atom stereocenters. The minimum absolute atomic E-state index is 0.0539. The minimum Gasteiger partial charge on any atom is -0.296 e. The van der Waals surface area contributed by atoms with Crippen molar-refractivity contribution in [3.05, 3.63) is 70.3 Å². The summed E-state index contributed by atoms with van der Waals surface area (Å²) in [5, 5.41) is 11.2. The molecule has 0 fully saturated rings. The number of Topliss-reactive ketones (excluding diaryl/α,β-unsaturated/α-hetero) is 1. The van der Waals surface area contributed by atoms with Crippen molar-refractivity contribution in [2.45, 2.75) is 25.1 Å². The molecule has 0 saturated carbocycles. The van der Waals surface area contributed by atoms with Gasteiger partial charge in [0, 0.05) is 11.1 Å². The van der Waals surface area contributed by atoms with Gasteiger partial charge in [-0.05, 0) is 38.0 Å². The zero-order valence-electron chi connectivity index (χ0n) is 15.3. The molecule has 27 heavy (non-hydrogen) atoms. The van der Waals surface area contributed by atoms with Gasteiger partial charge in [0.25, 0.3) is 5.91 Å². The van der Waals surface area contributed by atoms with Crippen LogP contribution >= 0.6 is 23.1 Å². The number of amides is 1. The molecule has 0 aliphatic rings. The molecule has 5 nitrogen and oxygen atoms in total. The Kier molecular flexibility index (Phi) is 6.03. The normalized spacial score (nSPS) is 10.6. The largest absolute Gasteiger partial charge is 0.296 e. The third kappa shape index (κ3) is 4.81. The number of benzene rings is 2. The van der Waals surface area contributed by atoms with Crippen LogP contribution in [0.5, 0.6) is 0 Å². The number of thioether (sulfide) groups is 1. The van der Waals surface area contributed by atoms with Crippen molar-refractivity contribution in [2.24, 2.45) is 0 Å². The van der Waals surface area contributed by atoms with Gasteiger partial charge in [-0.3, -0.25) is 14.9 Å². The summed E-state index contributed by atoms with van der Waals surface area (Å²) in [6.07, 6.45) is 0. The van der Waals surface area contributed by atoms with E-state index in [1.54, 1.807) is 6.07 Å². The highest BCUT2D eigenvalue weighted by atomic mass is 32.2. The number of hydrogen-bond donors (Lipinski definition) is 1. The third-order valence-electron chi connectivity index (χ3n) is 4.03. The molecule has 0 spiro atoms. The van der Waals surface area contributed by atoms with Crippen LogP contribution in [0, 0.1) is 20.8 Å². The van der Waals surface area contributed by atoms with Gasteiger partial charge in [-0.1, -0.05) is 65.1 Å². The first kappa shape index (κ1) is 19.3. The molecule has 0 atom stereocenters. The van der Waals surface area contributed by atoms with Crippen molar-refractivity contribution in [2.75, 3.05) is 11.1 Å². The molecular formula is C20H19N3O2S2. The Hall–Kier alpha value is -2.51. The van der Waals surface area contributed by atoms with Crippen molar-refractivity contribution >= 4 is 39.9 Å². The van der Waals surface area contributed by atoms with Gasteiger partial charge >= 0.3 is 0 Å². The molecule has 0 aliphatic heterocycles. The SMILES string of the molecule is Cc1ccc(C(=O)CSc2nnc(NC(=O)c3ccccc3C)s2)c(C)c1. The maximum absolute atomic E-state index is 12.4. The molecule has 138 valence electrons. The van der Waals surface area contributed by atoms with Crippen molar-refractivity contribution in [1.82, 2.24) is 10.2 Å². The van der Waals surface area contributed by atoms with E-state index in [4.69, 9.17) is 0 Å². The second-order valence-corrected chi connectivity index (χ2v) is 8.37. The van der Waals surface area contributed by atoms with Crippen LogP contribution in [0.25, 0.3) is 0 Å². The molecule has 1 N–H and O–H groups in total. The predicted octanol–water partition coefficient (Wildman–Crippen LogP) is 4.69. The quantitative estimate of drug-likeness (QED) is 0.371. The number of rotatable bonds is 6. The Morgan fingerprint density at radius 2 is 1.78 bits per heavy atom. The molecule has 1 aromatic heterocycles. The Morgan fingerprint density at radius 3 is 2.52 bits per heavy atom. The van der Waals surface area contributed by atoms with Crippen molar-refractivity contribution < 1.29 is 9.59 Å². The maximum Gasteiger partial charge on any atom is 0.257 e. The summed E-state index contributed by atoms with van der Waals surface area (Å²) in [6.45, 7) is 5.83. The van der Waals surface area contributed by atoms with Gasteiger partial charge in [-0.15, -0.1) is 10.2 Å². The van der Waals surface area contributed by atoms with Crippen LogP contribution in [0.4, 0.5) is 5.13 Å². The summed E-state index contributed by atoms with van der Waals surface area (Å²) in [5.74, 6) is 0.120. The Bertz CT molecular complexity index is 998. The molecule has 1 heterocycles. The molecule has 7 heteroatoms. The first-order valence-electron chi connectivity index (χ1n) is 8.38. The van der Waals surface area contributed by atoms with Gasteiger partial charge in [0.05, 0.1) is 5.75 Å². The first-order valence-corrected chi connectivity index (χ1v) is 10.2. The summed E-state index contributed by atoms with van der Waals surface area (Å²) in [4.78, 5) is 24.8. The molecular weight excluding hydrogens is 378 g/mol. The summed E-state index contributed by atoms with van der Waals surface area (Å²) < 4.78 is 0.646. The highest BCUT2D eigenvalue weighted by Crippen LogP contribution is 2.27. The molecule has 0 radical (unpaired) electrons. The molecule has 0 aliphatic carbocycles. The zero-order chi connectivity index (χ0) is 19.4. The van der Waals surface area contributed by atoms with E-state index in [0.29, 0.717) is 15.0 Å². The second-order valence-electron chi connectivity index (χ2n) is 6.17. The lowest BCUT2D eigenvalue weighted by atomic mass is 10.0. The van der Waals surface area contributed by atoms with Crippen molar-refractivity contribution in [3.8, 4) is 0 Å². The molecule has 0 saturated heterocycles. The average Bonchev–Trinajstić information content (AvgIpc) is 3.07. The maximum atomic E-state index is 12.4. The van der Waals surface area contributed by atoms with E-state index in [2.05, 4.69) is 15.5 Å². The Balaban J connectivity index is 1.60. The fourth-order valence-corrected chi connectivity index (χ4v) is 4.27. The highest BCUT2D eigenvalue weighted by molar-refractivity contribution is 8.01. The monoisotopic (exact) mass is 397 g/mol. The number of ketones is 1. The van der Waals surface area contributed by atoms with Crippen LogP contribution in [-0.2, 0) is 0 Å². The number of anilines is 1. The molecule has 3 aromatic rings. The molecule has 1 amide bonds. The van der Waals surface area contributed by atoms with E-state index in [1.165, 1.54) is 23.1 Å². The van der Waals surface area contributed by atoms with Gasteiger partial charge < -0.3 is 0 Å². The Morgan fingerprint density at radius 1 is 1.00 bits per heavy atom. The average molecular weight is 398 g/mol. The van der Waals surface area contributed by atoms with Crippen LogP contribution in [0.3, 0.4) is 0 Å². The van der Waals surface area contributed by atoms with Gasteiger partial charge in [0.1, 0.15) is 0 Å². The first-order chi connectivity index (χ1) is 12.9. The van der Waals surface area contributed by atoms with Crippen LogP contribution in [-0.4, -0.2) is 27.6 Å². The van der Waals surface area contributed by atoms with Gasteiger partial charge in [-0.2, -0.15) is 0 Å². The van der Waals surface area contributed by atoms with E-state index < -0.39 is 0 Å². The number of nitrogens with one attached hydrogen (secondary N) is 1. The fourth-order valence-electron chi connectivity index (χ4n) is 2.64. The topological polar surface area (TPSA) is 72.0 Å². The van der Waals surface area contributed by atoms with E-state index in [-0.39, 0.29) is 17.4 Å². The minimum atomic E-state index is -0.216. The highest BCUT2D eigenvalue weighted by Gasteiger charge is 2.14. The standard InChI is InChI=1S/C20H19N3O2S2/c1-12-8-9-15(14(3)10-12)17(24)11-26-20-23-22-19(27-20)21-18(25)16-7-5-4-6-13(16)2/h4-10H,11H2,1-3H3,(H,21,22,25). The lowest BCUT2D eigenvalue weighted by Crippen LogP contribution is -2.12. The number of aromatic nitrogens is 2. The summed E-state index contributed by atoms with van der Waals surface area (Å²) in [7, 11) is 0. The van der Waals surface area contributed by atoms with Crippen LogP contribution < -0.4 is 5.32 Å². The van der Waals surface area contributed by atoms with E-state index >= 15 is 0 Å². The van der Waals surface area contributed by atoms with Gasteiger partial charge in [0.15, 0.2) is 10.1 Å². The number of carbonyl (C=O) groups is 2. The smallest absolute Gasteiger partial charge is 0.257 e. The fraction of sp³-hybridized carbons (Fsp3) is 0.200. The number of nitrogens with zero attached hydrogens (tertiary/aromatic N) is 2. The van der Waals surface area contributed by atoms with E-state index in [0.717, 1.165) is 22.3 Å². The van der Waals surface area contributed by atoms with Crippen molar-refractivity contribution in [3.63, 3.8) is 0 Å². The molecule has 2 aromatic carbocycles. The summed E-state index contributed by atoms with van der Waals surface area (Å²) in [6, 6.07) is 13.2. The third-order valence-corrected chi connectivity index (χ3v) is 6.00. The summed E-state index contributed by atoms with van der Waals surface area (Å²) in [5.41, 5.74) is 4.34. The predicted molar refractivity (Wildman–Crippen MR) is 110 cm³/mol. The number of aryl methyl sites for hydroxylation is 3. The van der Waals surface area contributed by atoms with Crippen molar-refractivity contribution in [1.29, 1.82) is 0 Å². The Labute approximate surface area is 166 Å². The van der Waals surface area contributed by atoms with Crippen LogP contribution in [0.15, 0.2) is 46.8 Å². The van der Waals surface area contributed by atoms with Gasteiger partial charge in [-0.25, -0.2) is 0 Å². The number of hydrogen-bond acceptors (Lipinski definition) is 6. The summed E-state index contributed by atoms with van der Waals surface area (Å²) >= 11 is 2.59. The van der Waals surface area contributed by atoms with E-state index in [9.17, 15) is 9.59 Å². The zero-order valence-corrected chi connectivity index (χ0v) is 16.9.